The number of halogens is 1. The number of hydrogen-bond donors (Lipinski definition) is 1. The summed E-state index contributed by atoms with van der Waals surface area (Å²) in [4.78, 5) is 0. The number of benzene rings is 2. The molecule has 0 aliphatic rings. The van der Waals surface area contributed by atoms with Gasteiger partial charge in [0.15, 0.2) is 0 Å². The number of fused-ring (bicyclic) bond motifs is 1. The minimum absolute atomic E-state index is 0.600. The van der Waals surface area contributed by atoms with E-state index in [0.29, 0.717) is 6.54 Å². The molecule has 2 heteroatoms. The van der Waals surface area contributed by atoms with Gasteiger partial charge in [0.25, 0.3) is 0 Å². The summed E-state index contributed by atoms with van der Waals surface area (Å²) in [6.45, 7) is 0.600. The topological polar surface area (TPSA) is 26.0 Å². The van der Waals surface area contributed by atoms with Crippen molar-refractivity contribution in [1.29, 1.82) is 0 Å². The van der Waals surface area contributed by atoms with Crippen LogP contribution in [0.15, 0.2) is 40.9 Å². The quantitative estimate of drug-likeness (QED) is 0.808. The molecule has 0 amide bonds. The van der Waals surface area contributed by atoms with E-state index in [0.717, 1.165) is 4.47 Å². The van der Waals surface area contributed by atoms with Gasteiger partial charge in [0.1, 0.15) is 0 Å². The lowest BCUT2D eigenvalue weighted by Crippen LogP contribution is -1.95. The van der Waals surface area contributed by atoms with E-state index in [4.69, 9.17) is 5.73 Å². The van der Waals surface area contributed by atoms with Gasteiger partial charge in [-0.05, 0) is 34.5 Å². The highest BCUT2D eigenvalue weighted by Crippen LogP contribution is 2.20. The van der Waals surface area contributed by atoms with Crippen LogP contribution in [0, 0.1) is 0 Å². The number of hydrogen-bond acceptors (Lipinski definition) is 1. The van der Waals surface area contributed by atoms with Crippen LogP contribution >= 0.6 is 15.9 Å². The van der Waals surface area contributed by atoms with Gasteiger partial charge in [0, 0.05) is 11.0 Å². The molecule has 0 fully saturated rings. The maximum atomic E-state index is 5.57. The predicted molar refractivity (Wildman–Crippen MR) is 59.5 cm³/mol. The van der Waals surface area contributed by atoms with Crippen LogP contribution in [-0.2, 0) is 6.54 Å². The third kappa shape index (κ3) is 1.74. The maximum Gasteiger partial charge on any atom is 0.0181 e. The summed E-state index contributed by atoms with van der Waals surface area (Å²) in [5.41, 5.74) is 6.74. The van der Waals surface area contributed by atoms with E-state index in [9.17, 15) is 0 Å². The smallest absolute Gasteiger partial charge is 0.0181 e. The zero-order valence-electron chi connectivity index (χ0n) is 7.13. The first-order chi connectivity index (χ1) is 6.29. The zero-order chi connectivity index (χ0) is 9.26. The van der Waals surface area contributed by atoms with E-state index in [1.165, 1.54) is 16.3 Å². The molecule has 0 aromatic heterocycles. The molecule has 2 rings (SSSR count). The summed E-state index contributed by atoms with van der Waals surface area (Å²) in [5, 5.41) is 2.48. The second-order valence-corrected chi connectivity index (χ2v) is 3.95. The van der Waals surface area contributed by atoms with Crippen molar-refractivity contribution in [2.45, 2.75) is 6.54 Å². The first-order valence-electron chi connectivity index (χ1n) is 4.18. The Hall–Kier alpha value is -0.860. The summed E-state index contributed by atoms with van der Waals surface area (Å²) in [6, 6.07) is 12.5. The summed E-state index contributed by atoms with van der Waals surface area (Å²) in [7, 11) is 0. The number of nitrogens with two attached hydrogens (primary N) is 1. The molecular weight excluding hydrogens is 226 g/mol. The van der Waals surface area contributed by atoms with Crippen LogP contribution in [0.2, 0.25) is 0 Å². The first kappa shape index (κ1) is 8.73. The molecule has 0 radical (unpaired) electrons. The van der Waals surface area contributed by atoms with Gasteiger partial charge in [-0.15, -0.1) is 0 Å². The van der Waals surface area contributed by atoms with E-state index in [1.54, 1.807) is 0 Å². The van der Waals surface area contributed by atoms with Gasteiger partial charge >= 0.3 is 0 Å². The van der Waals surface area contributed by atoms with Crippen LogP contribution in [0.25, 0.3) is 10.8 Å². The lowest BCUT2D eigenvalue weighted by atomic mass is 10.1. The van der Waals surface area contributed by atoms with Gasteiger partial charge < -0.3 is 5.73 Å². The fourth-order valence-electron chi connectivity index (χ4n) is 1.39. The highest BCUT2D eigenvalue weighted by Gasteiger charge is 1.95. The molecule has 66 valence electrons. The van der Waals surface area contributed by atoms with Crippen LogP contribution in [0.1, 0.15) is 5.56 Å². The van der Waals surface area contributed by atoms with Crippen LogP contribution in [0.5, 0.6) is 0 Å². The molecule has 0 spiro atoms. The van der Waals surface area contributed by atoms with Gasteiger partial charge in [0.2, 0.25) is 0 Å². The van der Waals surface area contributed by atoms with Gasteiger partial charge in [-0.3, -0.25) is 0 Å². The van der Waals surface area contributed by atoms with Crippen molar-refractivity contribution in [1.82, 2.24) is 0 Å². The average Bonchev–Trinajstić information content (AvgIpc) is 2.16. The van der Waals surface area contributed by atoms with E-state index in [-0.39, 0.29) is 0 Å². The standard InChI is InChI=1S/C11H10BrN/c12-11-4-3-9-2-1-8(7-13)5-10(9)6-11/h1-6H,7,13H2. The minimum Gasteiger partial charge on any atom is -0.326 e. The summed E-state index contributed by atoms with van der Waals surface area (Å²) < 4.78 is 1.11. The molecule has 0 bridgehead atoms. The molecular formula is C11H10BrN. The second kappa shape index (κ2) is 3.48. The third-order valence-electron chi connectivity index (χ3n) is 2.10. The molecule has 0 atom stereocenters. The van der Waals surface area contributed by atoms with Crippen LogP contribution < -0.4 is 5.73 Å². The minimum atomic E-state index is 0.600. The van der Waals surface area contributed by atoms with Crippen molar-refractivity contribution in [3.8, 4) is 0 Å². The second-order valence-electron chi connectivity index (χ2n) is 3.03. The van der Waals surface area contributed by atoms with E-state index in [1.807, 2.05) is 6.07 Å². The van der Waals surface area contributed by atoms with Crippen molar-refractivity contribution in [2.75, 3.05) is 0 Å². The first-order valence-corrected chi connectivity index (χ1v) is 4.97. The number of rotatable bonds is 1. The highest BCUT2D eigenvalue weighted by molar-refractivity contribution is 9.10. The Balaban J connectivity index is 2.68. The van der Waals surface area contributed by atoms with E-state index < -0.39 is 0 Å². The van der Waals surface area contributed by atoms with Crippen molar-refractivity contribution < 1.29 is 0 Å². The Labute approximate surface area is 85.7 Å². The summed E-state index contributed by atoms with van der Waals surface area (Å²) in [5.74, 6) is 0. The third-order valence-corrected chi connectivity index (χ3v) is 2.60. The van der Waals surface area contributed by atoms with Crippen molar-refractivity contribution in [3.05, 3.63) is 46.4 Å². The molecule has 0 unspecified atom stereocenters. The fraction of sp³-hybridized carbons (Fsp3) is 0.0909. The Morgan fingerprint density at radius 1 is 1.00 bits per heavy atom. The normalized spacial score (nSPS) is 10.6. The van der Waals surface area contributed by atoms with Gasteiger partial charge in [-0.25, -0.2) is 0 Å². The molecule has 0 aliphatic heterocycles. The molecule has 0 aliphatic carbocycles. The van der Waals surface area contributed by atoms with Gasteiger partial charge in [-0.2, -0.15) is 0 Å². The zero-order valence-corrected chi connectivity index (χ0v) is 8.71. The Kier molecular flexibility index (Phi) is 2.34. The monoisotopic (exact) mass is 235 g/mol. The molecule has 0 saturated carbocycles. The predicted octanol–water partition coefficient (Wildman–Crippen LogP) is 3.06. The lowest BCUT2D eigenvalue weighted by Gasteiger charge is -2.01. The average molecular weight is 236 g/mol. The molecule has 2 aromatic carbocycles. The molecule has 1 nitrogen and oxygen atoms in total. The van der Waals surface area contributed by atoms with Crippen molar-refractivity contribution in [3.63, 3.8) is 0 Å². The molecule has 0 heterocycles. The van der Waals surface area contributed by atoms with Crippen molar-refractivity contribution in [2.24, 2.45) is 5.73 Å². The molecule has 13 heavy (non-hydrogen) atoms. The Bertz CT molecular complexity index is 437. The lowest BCUT2D eigenvalue weighted by molar-refractivity contribution is 1.08. The van der Waals surface area contributed by atoms with E-state index in [2.05, 4.69) is 46.3 Å². The Morgan fingerprint density at radius 2 is 1.77 bits per heavy atom. The van der Waals surface area contributed by atoms with Crippen LogP contribution in [-0.4, -0.2) is 0 Å². The molecule has 0 saturated heterocycles. The van der Waals surface area contributed by atoms with Crippen LogP contribution in [0.3, 0.4) is 0 Å². The molecule has 2 N–H and O–H groups in total. The maximum absolute atomic E-state index is 5.57. The SMILES string of the molecule is NCc1ccc2ccc(Br)cc2c1. The van der Waals surface area contributed by atoms with E-state index >= 15 is 0 Å². The van der Waals surface area contributed by atoms with Crippen LogP contribution in [0.4, 0.5) is 0 Å². The van der Waals surface area contributed by atoms with Gasteiger partial charge in [-0.1, -0.05) is 34.1 Å². The summed E-state index contributed by atoms with van der Waals surface area (Å²) in [6.07, 6.45) is 0. The fourth-order valence-corrected chi connectivity index (χ4v) is 1.77. The van der Waals surface area contributed by atoms with Gasteiger partial charge in [0.05, 0.1) is 0 Å². The summed E-state index contributed by atoms with van der Waals surface area (Å²) >= 11 is 3.45. The van der Waals surface area contributed by atoms with Crippen molar-refractivity contribution >= 4 is 26.7 Å². The molecule has 2 aromatic rings. The highest BCUT2D eigenvalue weighted by atomic mass is 79.9. The largest absolute Gasteiger partial charge is 0.326 e. The Morgan fingerprint density at radius 3 is 2.54 bits per heavy atom.